The number of unbranched alkanes of at least 4 members (excludes halogenated alkanes) is 5. The van der Waals surface area contributed by atoms with Crippen LogP contribution in [0.4, 0.5) is 0 Å². The van der Waals surface area contributed by atoms with E-state index in [2.05, 4.69) is 54.5 Å². The van der Waals surface area contributed by atoms with E-state index in [1.807, 2.05) is 12.1 Å². The average Bonchev–Trinajstić information content (AvgIpc) is 2.48. The smallest absolute Gasteiger partial charge is 0.287 e. The van der Waals surface area contributed by atoms with E-state index in [1.165, 1.54) is 24.8 Å². The van der Waals surface area contributed by atoms with E-state index in [-0.39, 0.29) is 10.8 Å². The second-order valence-corrected chi connectivity index (χ2v) is 11.4. The summed E-state index contributed by atoms with van der Waals surface area (Å²) in [7, 11) is -3.39. The summed E-state index contributed by atoms with van der Waals surface area (Å²) in [6.45, 7) is 15.2. The molecule has 1 rings (SSSR count). The number of hydrogen-bond donors (Lipinski definition) is 2. The molecule has 0 fully saturated rings. The molecule has 0 bridgehead atoms. The molecule has 26 heavy (non-hydrogen) atoms. The predicted molar refractivity (Wildman–Crippen MR) is 114 cm³/mol. The Kier molecular flexibility index (Phi) is 8.58. The molecule has 2 N–H and O–H groups in total. The summed E-state index contributed by atoms with van der Waals surface area (Å²) in [5, 5.41) is 0. The first-order valence-electron chi connectivity index (χ1n) is 10.1. The second-order valence-electron chi connectivity index (χ2n) is 9.43. The lowest BCUT2D eigenvalue weighted by atomic mass is 9.75. The Labute approximate surface area is 161 Å². The van der Waals surface area contributed by atoms with Crippen molar-refractivity contribution in [2.75, 3.05) is 6.16 Å². The van der Waals surface area contributed by atoms with E-state index in [1.54, 1.807) is 0 Å². The number of hydrogen-bond acceptors (Lipinski definition) is 3. The molecule has 0 spiro atoms. The third-order valence-electron chi connectivity index (χ3n) is 4.63. The van der Waals surface area contributed by atoms with Crippen molar-refractivity contribution in [3.63, 3.8) is 0 Å². The summed E-state index contributed by atoms with van der Waals surface area (Å²) in [5.74, 6) is 0.620. The van der Waals surface area contributed by atoms with Crippen LogP contribution in [0.3, 0.4) is 0 Å². The number of rotatable bonds is 9. The van der Waals surface area contributed by atoms with Crippen LogP contribution in [-0.4, -0.2) is 15.9 Å². The van der Waals surface area contributed by atoms with E-state index in [0.717, 1.165) is 24.8 Å². The van der Waals surface area contributed by atoms with Gasteiger partial charge in [-0.15, -0.1) is 0 Å². The van der Waals surface area contributed by atoms with Crippen LogP contribution in [0, 0.1) is 0 Å². The third kappa shape index (κ3) is 7.55. The molecule has 0 saturated carbocycles. The zero-order valence-electron chi connectivity index (χ0n) is 17.9. The van der Waals surface area contributed by atoms with Gasteiger partial charge in [0.25, 0.3) is 0 Å². The molecule has 0 aliphatic rings. The van der Waals surface area contributed by atoms with Gasteiger partial charge in [-0.25, -0.2) is 0 Å². The highest BCUT2D eigenvalue weighted by Crippen LogP contribution is 2.54. The van der Waals surface area contributed by atoms with Crippen LogP contribution in [0.1, 0.15) is 98.1 Å². The first-order valence-corrected chi connectivity index (χ1v) is 11.9. The van der Waals surface area contributed by atoms with Crippen molar-refractivity contribution >= 4 is 7.94 Å². The maximum absolute atomic E-state index is 10.5. The Morgan fingerprint density at radius 3 is 1.96 bits per heavy atom. The fourth-order valence-electron chi connectivity index (χ4n) is 3.31. The molecular weight excluding hydrogens is 343 g/mol. The number of benzene rings is 1. The minimum absolute atomic E-state index is 0.0344. The molecule has 1 aromatic rings. The minimum atomic E-state index is -3.39. The average molecular weight is 384 g/mol. The summed E-state index contributed by atoms with van der Waals surface area (Å²) < 4.78 is 5.85. The summed E-state index contributed by atoms with van der Waals surface area (Å²) in [4.78, 5) is 21.0. The van der Waals surface area contributed by atoms with Crippen molar-refractivity contribution < 1.29 is 14.3 Å². The van der Waals surface area contributed by atoms with Crippen LogP contribution < -0.4 is 4.52 Å². The SMILES string of the molecule is CCCCCCCC[P+](O)(O)Oc1cccc(C(C)(C)C)c1C(C)(C)C. The monoisotopic (exact) mass is 383 g/mol. The van der Waals surface area contributed by atoms with Crippen LogP contribution in [0.25, 0.3) is 0 Å². The van der Waals surface area contributed by atoms with Gasteiger partial charge in [-0.1, -0.05) is 86.3 Å². The first-order chi connectivity index (χ1) is 11.9. The molecule has 0 heterocycles. The van der Waals surface area contributed by atoms with E-state index in [4.69, 9.17) is 4.52 Å². The van der Waals surface area contributed by atoms with Crippen molar-refractivity contribution in [1.82, 2.24) is 0 Å². The topological polar surface area (TPSA) is 49.7 Å². The maximum Gasteiger partial charge on any atom is 0.451 e. The Morgan fingerprint density at radius 2 is 1.42 bits per heavy atom. The van der Waals surface area contributed by atoms with Crippen LogP contribution in [-0.2, 0) is 10.8 Å². The third-order valence-corrected chi connectivity index (χ3v) is 6.02. The van der Waals surface area contributed by atoms with E-state index >= 15 is 0 Å². The van der Waals surface area contributed by atoms with Crippen LogP contribution in [0.15, 0.2) is 18.2 Å². The van der Waals surface area contributed by atoms with Gasteiger partial charge in [-0.3, -0.25) is 4.52 Å². The molecule has 1 aromatic carbocycles. The van der Waals surface area contributed by atoms with Crippen molar-refractivity contribution in [3.8, 4) is 5.75 Å². The molecule has 0 amide bonds. The highest BCUT2D eigenvalue weighted by Gasteiger charge is 2.39. The summed E-state index contributed by atoms with van der Waals surface area (Å²) in [5.41, 5.74) is 2.09. The molecular formula is C22H40O3P+. The molecule has 0 saturated heterocycles. The Morgan fingerprint density at radius 1 is 0.846 bits per heavy atom. The molecule has 0 aliphatic heterocycles. The van der Waals surface area contributed by atoms with Crippen LogP contribution in [0.5, 0.6) is 5.75 Å². The zero-order chi connectivity index (χ0) is 20.0. The Bertz CT molecular complexity index is 553. The van der Waals surface area contributed by atoms with E-state index < -0.39 is 7.94 Å². The van der Waals surface area contributed by atoms with Gasteiger partial charge in [0.2, 0.25) is 0 Å². The van der Waals surface area contributed by atoms with Gasteiger partial charge >= 0.3 is 7.94 Å². The largest absolute Gasteiger partial charge is 0.451 e. The Balaban J connectivity index is 2.91. The lowest BCUT2D eigenvalue weighted by Crippen LogP contribution is -2.23. The van der Waals surface area contributed by atoms with Crippen LogP contribution in [0.2, 0.25) is 0 Å². The molecule has 4 heteroatoms. The van der Waals surface area contributed by atoms with Gasteiger partial charge in [0.05, 0.1) is 0 Å². The van der Waals surface area contributed by atoms with Gasteiger partial charge in [0, 0.05) is 5.56 Å². The van der Waals surface area contributed by atoms with E-state index in [9.17, 15) is 9.79 Å². The summed E-state index contributed by atoms with van der Waals surface area (Å²) in [6, 6.07) is 5.95. The standard InChI is InChI=1S/C22H40O3P/c1-8-9-10-11-12-13-17-26(23,24)25-19-16-14-15-18(21(2,3)4)20(19)22(5,6)7/h14-16,23-24H,8-13,17H2,1-7H3/q+1. The highest BCUT2D eigenvalue weighted by atomic mass is 31.2. The normalized spacial score (nSPS) is 13.1. The predicted octanol–water partition coefficient (Wildman–Crippen LogP) is 6.77. The highest BCUT2D eigenvalue weighted by molar-refractivity contribution is 7.60. The molecule has 0 unspecified atom stereocenters. The van der Waals surface area contributed by atoms with Crippen molar-refractivity contribution in [1.29, 1.82) is 0 Å². The Hall–Kier alpha value is -0.630. The quantitative estimate of drug-likeness (QED) is 0.365. The molecule has 0 radical (unpaired) electrons. The first kappa shape index (κ1) is 23.4. The summed E-state index contributed by atoms with van der Waals surface area (Å²) >= 11 is 0. The molecule has 0 atom stereocenters. The van der Waals surface area contributed by atoms with Gasteiger partial charge in [0.1, 0.15) is 6.16 Å². The van der Waals surface area contributed by atoms with Gasteiger partial charge < -0.3 is 0 Å². The lowest BCUT2D eigenvalue weighted by Gasteiger charge is -2.31. The fourth-order valence-corrected chi connectivity index (χ4v) is 4.50. The van der Waals surface area contributed by atoms with Crippen molar-refractivity contribution in [2.24, 2.45) is 0 Å². The lowest BCUT2D eigenvalue weighted by molar-refractivity contribution is 0.331. The molecule has 0 aromatic heterocycles. The molecule has 3 nitrogen and oxygen atoms in total. The molecule has 150 valence electrons. The van der Waals surface area contributed by atoms with E-state index in [0.29, 0.717) is 11.9 Å². The summed E-state index contributed by atoms with van der Waals surface area (Å²) in [6.07, 6.45) is 7.02. The van der Waals surface area contributed by atoms with Crippen molar-refractivity contribution in [3.05, 3.63) is 29.3 Å². The second kappa shape index (κ2) is 9.53. The van der Waals surface area contributed by atoms with Crippen LogP contribution >= 0.6 is 7.94 Å². The minimum Gasteiger partial charge on any atom is -0.287 e. The van der Waals surface area contributed by atoms with Gasteiger partial charge in [-0.05, 0) is 35.3 Å². The fraction of sp³-hybridized carbons (Fsp3) is 0.727. The molecule has 0 aliphatic carbocycles. The van der Waals surface area contributed by atoms with Gasteiger partial charge in [0.15, 0.2) is 5.75 Å². The van der Waals surface area contributed by atoms with Crippen molar-refractivity contribution in [2.45, 2.75) is 97.8 Å². The zero-order valence-corrected chi connectivity index (χ0v) is 18.8. The van der Waals surface area contributed by atoms with Gasteiger partial charge in [-0.2, -0.15) is 9.79 Å². The maximum atomic E-state index is 10.5.